The van der Waals surface area contributed by atoms with E-state index in [1.54, 1.807) is 6.26 Å². The van der Waals surface area contributed by atoms with E-state index >= 15 is 0 Å². The highest BCUT2D eigenvalue weighted by Crippen LogP contribution is 2.49. The molecule has 2 saturated carbocycles. The van der Waals surface area contributed by atoms with Gasteiger partial charge in [-0.25, -0.2) is 0 Å². The van der Waals surface area contributed by atoms with E-state index < -0.39 is 0 Å². The number of nitrogens with zero attached hydrogens (tertiary/aromatic N) is 1. The highest BCUT2D eigenvalue weighted by Gasteiger charge is 2.44. The average Bonchev–Trinajstić information content (AvgIpc) is 3.36. The smallest absolute Gasteiger partial charge is 0.225 e. The van der Waals surface area contributed by atoms with E-state index in [4.69, 9.17) is 4.42 Å². The minimum absolute atomic E-state index is 0.0176. The van der Waals surface area contributed by atoms with Crippen LogP contribution in [0.4, 0.5) is 0 Å². The van der Waals surface area contributed by atoms with Crippen molar-refractivity contribution in [2.45, 2.75) is 45.1 Å². The van der Waals surface area contributed by atoms with Crippen LogP contribution in [0.1, 0.15) is 44.3 Å². The van der Waals surface area contributed by atoms with Crippen LogP contribution < -0.4 is 5.32 Å². The Morgan fingerprint density at radius 3 is 2.62 bits per heavy atom. The highest BCUT2D eigenvalue weighted by atomic mass is 16.3. The maximum absolute atomic E-state index is 12.8. The molecule has 1 aromatic rings. The zero-order valence-corrected chi connectivity index (χ0v) is 14.1. The lowest BCUT2D eigenvalue weighted by molar-refractivity contribution is -0.140. The second-order valence-electron chi connectivity index (χ2n) is 7.68. The van der Waals surface area contributed by atoms with Gasteiger partial charge in [0.25, 0.3) is 0 Å². The molecule has 1 aromatic heterocycles. The van der Waals surface area contributed by atoms with E-state index in [1.165, 1.54) is 19.3 Å². The molecule has 2 aliphatic carbocycles. The number of hydrogen-bond donors (Lipinski definition) is 1. The van der Waals surface area contributed by atoms with Crippen LogP contribution in [0.5, 0.6) is 0 Å². The summed E-state index contributed by atoms with van der Waals surface area (Å²) in [7, 11) is 0. The first-order valence-electron chi connectivity index (χ1n) is 9.29. The summed E-state index contributed by atoms with van der Waals surface area (Å²) in [5.41, 5.74) is 0. The number of amides is 2. The lowest BCUT2D eigenvalue weighted by Crippen LogP contribution is -2.45. The molecule has 1 aliphatic heterocycles. The van der Waals surface area contributed by atoms with E-state index in [2.05, 4.69) is 5.32 Å². The lowest BCUT2D eigenvalue weighted by atomic mass is 9.86. The van der Waals surface area contributed by atoms with Crippen LogP contribution in [-0.4, -0.2) is 29.8 Å². The van der Waals surface area contributed by atoms with Gasteiger partial charge in [0.1, 0.15) is 5.76 Å². The summed E-state index contributed by atoms with van der Waals surface area (Å²) in [4.78, 5) is 27.1. The molecule has 1 N–H and O–H groups in total. The number of nitrogens with one attached hydrogen (secondary N) is 1. The summed E-state index contributed by atoms with van der Waals surface area (Å²) in [6.45, 7) is 1.90. The summed E-state index contributed by atoms with van der Waals surface area (Å²) >= 11 is 0. The average molecular weight is 330 g/mol. The third-order valence-electron chi connectivity index (χ3n) is 6.25. The van der Waals surface area contributed by atoms with E-state index in [0.29, 0.717) is 18.4 Å². The molecule has 3 aliphatic rings. The van der Waals surface area contributed by atoms with Crippen molar-refractivity contribution in [3.05, 3.63) is 24.2 Å². The van der Waals surface area contributed by atoms with Crippen LogP contribution in [-0.2, 0) is 16.1 Å². The van der Waals surface area contributed by atoms with Gasteiger partial charge >= 0.3 is 0 Å². The van der Waals surface area contributed by atoms with Crippen LogP contribution in [0.2, 0.25) is 0 Å². The van der Waals surface area contributed by atoms with Crippen molar-refractivity contribution < 1.29 is 14.0 Å². The molecule has 0 spiro atoms. The second-order valence-corrected chi connectivity index (χ2v) is 7.68. The number of piperidine rings is 1. The van der Waals surface area contributed by atoms with Crippen molar-refractivity contribution in [3.63, 3.8) is 0 Å². The van der Waals surface area contributed by atoms with Crippen LogP contribution in [0.25, 0.3) is 0 Å². The predicted octanol–water partition coefficient (Wildman–Crippen LogP) is 2.57. The SMILES string of the molecule is O=C(NCc1ccco1)C1CCN(C(=O)[C@H]2C[C@H]3CC[C@H]2C3)CC1. The molecule has 4 rings (SSSR count). The standard InChI is InChI=1S/C19H26N2O3/c22-18(20-12-16-2-1-9-24-16)14-5-7-21(8-6-14)19(23)17-11-13-3-4-15(17)10-13/h1-2,9,13-15,17H,3-8,10-12H2,(H,20,22)/t13-,15-,17-/m0/s1. The van der Waals surface area contributed by atoms with Crippen molar-refractivity contribution in [2.75, 3.05) is 13.1 Å². The molecule has 3 fully saturated rings. The summed E-state index contributed by atoms with van der Waals surface area (Å²) in [5, 5.41) is 2.94. The lowest BCUT2D eigenvalue weighted by Gasteiger charge is -2.34. The topological polar surface area (TPSA) is 62.6 Å². The van der Waals surface area contributed by atoms with Gasteiger partial charge in [-0.1, -0.05) is 6.42 Å². The van der Waals surface area contributed by atoms with Gasteiger partial charge in [0, 0.05) is 24.9 Å². The molecule has 5 nitrogen and oxygen atoms in total. The number of rotatable bonds is 4. The normalized spacial score (nSPS) is 29.8. The molecule has 0 unspecified atom stereocenters. The molecule has 5 heteroatoms. The molecule has 0 radical (unpaired) electrons. The molecule has 130 valence electrons. The van der Waals surface area contributed by atoms with Crippen molar-refractivity contribution in [1.82, 2.24) is 10.2 Å². The summed E-state index contributed by atoms with van der Waals surface area (Å²) < 4.78 is 5.23. The maximum Gasteiger partial charge on any atom is 0.225 e. The minimum atomic E-state index is 0.0176. The molecule has 24 heavy (non-hydrogen) atoms. The van der Waals surface area contributed by atoms with Gasteiger partial charge in [-0.05, 0) is 56.1 Å². The van der Waals surface area contributed by atoms with Crippen molar-refractivity contribution in [3.8, 4) is 0 Å². The quantitative estimate of drug-likeness (QED) is 0.923. The van der Waals surface area contributed by atoms with E-state index in [1.807, 2.05) is 17.0 Å². The Hall–Kier alpha value is -1.78. The van der Waals surface area contributed by atoms with Crippen molar-refractivity contribution >= 4 is 11.8 Å². The van der Waals surface area contributed by atoms with E-state index in [9.17, 15) is 9.59 Å². The molecule has 2 heterocycles. The fourth-order valence-electron chi connectivity index (χ4n) is 4.88. The number of fused-ring (bicyclic) bond motifs is 2. The molecule has 0 aromatic carbocycles. The fraction of sp³-hybridized carbons (Fsp3) is 0.684. The Labute approximate surface area is 142 Å². The fourth-order valence-corrected chi connectivity index (χ4v) is 4.88. The number of likely N-dealkylation sites (tertiary alicyclic amines) is 1. The third kappa shape index (κ3) is 3.08. The minimum Gasteiger partial charge on any atom is -0.467 e. The predicted molar refractivity (Wildman–Crippen MR) is 88.8 cm³/mol. The Bertz CT molecular complexity index is 590. The summed E-state index contributed by atoms with van der Waals surface area (Å²) in [6.07, 6.45) is 8.10. The summed E-state index contributed by atoms with van der Waals surface area (Å²) in [6, 6.07) is 3.68. The van der Waals surface area contributed by atoms with Gasteiger partial charge in [-0.2, -0.15) is 0 Å². The van der Waals surface area contributed by atoms with Gasteiger partial charge in [0.15, 0.2) is 0 Å². The Kier molecular flexibility index (Phi) is 4.33. The zero-order valence-electron chi connectivity index (χ0n) is 14.1. The third-order valence-corrected chi connectivity index (χ3v) is 6.25. The van der Waals surface area contributed by atoms with Gasteiger partial charge in [0.05, 0.1) is 12.8 Å². The van der Waals surface area contributed by atoms with Gasteiger partial charge in [-0.15, -0.1) is 0 Å². The Morgan fingerprint density at radius 1 is 1.17 bits per heavy atom. The van der Waals surface area contributed by atoms with Crippen LogP contribution in [0, 0.1) is 23.7 Å². The highest BCUT2D eigenvalue weighted by molar-refractivity contribution is 5.81. The molecule has 3 atom stereocenters. The number of carbonyl (C=O) groups is 2. The van der Waals surface area contributed by atoms with Crippen LogP contribution in [0.3, 0.4) is 0 Å². The van der Waals surface area contributed by atoms with Gasteiger partial charge in [0.2, 0.25) is 11.8 Å². The van der Waals surface area contributed by atoms with Crippen molar-refractivity contribution in [2.24, 2.45) is 23.7 Å². The maximum atomic E-state index is 12.8. The van der Waals surface area contributed by atoms with E-state index in [-0.39, 0.29) is 17.7 Å². The molecular weight excluding hydrogens is 304 g/mol. The molecule has 2 bridgehead atoms. The van der Waals surface area contributed by atoms with Crippen LogP contribution in [0.15, 0.2) is 22.8 Å². The number of hydrogen-bond acceptors (Lipinski definition) is 3. The van der Waals surface area contributed by atoms with Gasteiger partial charge in [-0.3, -0.25) is 9.59 Å². The first-order valence-corrected chi connectivity index (χ1v) is 9.29. The second kappa shape index (κ2) is 6.61. The zero-order chi connectivity index (χ0) is 16.5. The molecule has 1 saturated heterocycles. The summed E-state index contributed by atoms with van der Waals surface area (Å²) in [5.74, 6) is 2.94. The number of carbonyl (C=O) groups excluding carboxylic acids is 2. The molecule has 2 amide bonds. The molecular formula is C19H26N2O3. The Morgan fingerprint density at radius 2 is 2.00 bits per heavy atom. The number of furan rings is 1. The monoisotopic (exact) mass is 330 g/mol. The Balaban J connectivity index is 1.24. The first kappa shape index (κ1) is 15.7. The van der Waals surface area contributed by atoms with Crippen molar-refractivity contribution in [1.29, 1.82) is 0 Å². The van der Waals surface area contributed by atoms with Crippen LogP contribution >= 0.6 is 0 Å². The van der Waals surface area contributed by atoms with Gasteiger partial charge < -0.3 is 14.6 Å². The first-order chi connectivity index (χ1) is 11.7. The largest absolute Gasteiger partial charge is 0.467 e. The van der Waals surface area contributed by atoms with E-state index in [0.717, 1.165) is 44.0 Å².